The van der Waals surface area contributed by atoms with Gasteiger partial charge in [-0.2, -0.15) is 0 Å². The second-order valence-corrected chi connectivity index (χ2v) is 14.7. The maximum Gasteiger partial charge on any atom is 0.349 e. The minimum absolute atomic E-state index is 0.00729. The van der Waals surface area contributed by atoms with Gasteiger partial charge in [0.25, 0.3) is 0 Å². The summed E-state index contributed by atoms with van der Waals surface area (Å²) in [6, 6.07) is 11.6. The van der Waals surface area contributed by atoms with E-state index in [1.165, 1.54) is 11.3 Å². The van der Waals surface area contributed by atoms with Crippen molar-refractivity contribution in [2.75, 3.05) is 6.61 Å². The fourth-order valence-electron chi connectivity index (χ4n) is 8.77. The number of thiophene rings is 1. The number of aliphatic hydroxyl groups is 1. The third-order valence-electron chi connectivity index (χ3n) is 10.8. The van der Waals surface area contributed by atoms with Crippen molar-refractivity contribution in [3.63, 3.8) is 0 Å². The van der Waals surface area contributed by atoms with E-state index in [0.29, 0.717) is 16.4 Å². The molecule has 216 valence electrons. The Morgan fingerprint density at radius 2 is 1.85 bits per heavy atom. The fourth-order valence-corrected chi connectivity index (χ4v) is 9.57. The highest BCUT2D eigenvalue weighted by molar-refractivity contribution is 7.12. The minimum Gasteiger partial charge on any atom is -0.450 e. The van der Waals surface area contributed by atoms with E-state index in [1.54, 1.807) is 0 Å². The Labute approximate surface area is 245 Å². The van der Waals surface area contributed by atoms with Crippen LogP contribution in [0.15, 0.2) is 65.1 Å². The van der Waals surface area contributed by atoms with Gasteiger partial charge in [0.1, 0.15) is 11.0 Å². The van der Waals surface area contributed by atoms with Crippen molar-refractivity contribution in [3.8, 4) is 11.1 Å². The van der Waals surface area contributed by atoms with Gasteiger partial charge in [0.05, 0.1) is 12.0 Å². The lowest BCUT2D eigenvalue weighted by Crippen LogP contribution is -2.68. The van der Waals surface area contributed by atoms with Crippen LogP contribution in [0.25, 0.3) is 11.1 Å². The zero-order valence-electron chi connectivity index (χ0n) is 24.5. The van der Waals surface area contributed by atoms with Crippen LogP contribution in [0.2, 0.25) is 0 Å². The van der Waals surface area contributed by atoms with Crippen molar-refractivity contribution >= 4 is 23.1 Å². The average molecular weight is 575 g/mol. The van der Waals surface area contributed by atoms with Gasteiger partial charge < -0.3 is 19.3 Å². The highest BCUT2D eigenvalue weighted by Gasteiger charge is 2.77. The van der Waals surface area contributed by atoms with Crippen molar-refractivity contribution in [2.45, 2.75) is 71.6 Å². The topological polar surface area (TPSA) is 82.1 Å². The summed E-state index contributed by atoms with van der Waals surface area (Å²) < 4.78 is 18.9. The van der Waals surface area contributed by atoms with Gasteiger partial charge in [0.15, 0.2) is 23.3 Å². The molecule has 5 aliphatic rings. The molecule has 1 spiro atoms. The van der Waals surface area contributed by atoms with Crippen LogP contribution in [0, 0.1) is 34.5 Å². The van der Waals surface area contributed by atoms with Crippen molar-refractivity contribution in [2.24, 2.45) is 34.5 Å². The zero-order valence-corrected chi connectivity index (χ0v) is 25.3. The molecule has 2 saturated carbocycles. The largest absolute Gasteiger partial charge is 0.450 e. The third-order valence-corrected chi connectivity index (χ3v) is 11.7. The number of hydrogen-bond donors (Lipinski definition) is 1. The molecule has 2 heterocycles. The molecule has 2 unspecified atom stereocenters. The normalized spacial score (nSPS) is 39.7. The van der Waals surface area contributed by atoms with Crippen molar-refractivity contribution in [3.05, 3.63) is 70.0 Å². The van der Waals surface area contributed by atoms with Crippen molar-refractivity contribution in [1.29, 1.82) is 0 Å². The molecule has 0 amide bonds. The number of hydrogen-bond acceptors (Lipinski definition) is 7. The Hall–Kier alpha value is -2.58. The number of Topliss-reactive ketones (excluding diaryl/α,β-unsaturated/α-hetero) is 1. The number of ether oxygens (including phenoxy) is 3. The first-order valence-corrected chi connectivity index (χ1v) is 15.5. The van der Waals surface area contributed by atoms with Crippen LogP contribution >= 0.6 is 11.3 Å². The smallest absolute Gasteiger partial charge is 0.349 e. The van der Waals surface area contributed by atoms with Gasteiger partial charge in [0.2, 0.25) is 0 Å². The molecule has 7 heteroatoms. The highest BCUT2D eigenvalue weighted by Crippen LogP contribution is 2.72. The van der Waals surface area contributed by atoms with E-state index in [0.717, 1.165) is 23.1 Å². The van der Waals surface area contributed by atoms with Crippen LogP contribution in [0.5, 0.6) is 0 Å². The summed E-state index contributed by atoms with van der Waals surface area (Å²) in [6.07, 6.45) is 2.84. The van der Waals surface area contributed by atoms with Gasteiger partial charge in [-0.15, -0.1) is 11.3 Å². The Balaban J connectivity index is 1.35. The molecule has 3 fully saturated rings. The first-order chi connectivity index (χ1) is 19.3. The summed E-state index contributed by atoms with van der Waals surface area (Å²) >= 11 is 1.31. The molecule has 2 bridgehead atoms. The molecule has 1 N–H and O–H groups in total. The summed E-state index contributed by atoms with van der Waals surface area (Å²) in [5.41, 5.74) is 0.0979. The molecule has 41 heavy (non-hydrogen) atoms. The van der Waals surface area contributed by atoms with Gasteiger partial charge in [-0.25, -0.2) is 4.79 Å². The summed E-state index contributed by atoms with van der Waals surface area (Å²) in [6.45, 7) is 12.3. The predicted molar refractivity (Wildman–Crippen MR) is 156 cm³/mol. The fraction of sp³-hybridized carbons (Fsp3) is 0.529. The molecule has 2 aromatic rings. The van der Waals surface area contributed by atoms with E-state index in [-0.39, 0.29) is 35.6 Å². The number of carbonyl (C=O) groups excluding carboxylic acids is 2. The van der Waals surface area contributed by atoms with E-state index in [9.17, 15) is 14.7 Å². The van der Waals surface area contributed by atoms with Gasteiger partial charge in [0, 0.05) is 11.5 Å². The third kappa shape index (κ3) is 3.59. The minimum atomic E-state index is -1.82. The first kappa shape index (κ1) is 27.3. The van der Waals surface area contributed by atoms with Gasteiger partial charge in [-0.1, -0.05) is 63.3 Å². The van der Waals surface area contributed by atoms with E-state index in [1.807, 2.05) is 74.7 Å². The number of ketones is 1. The van der Waals surface area contributed by atoms with Crippen molar-refractivity contribution in [1.82, 2.24) is 0 Å². The Bertz CT molecular complexity index is 1500. The SMILES string of the molecule is CC1=CC23C(=O)[C@@H](C=C4COC(C)(C)O[C@H]4[C@]2(O)[C@H]1OC(=O)c1sccc1-c1ccccc1)[C@H]1[C@@H](CC3C)C1(C)C. The van der Waals surface area contributed by atoms with Crippen molar-refractivity contribution < 1.29 is 28.9 Å². The number of rotatable bonds is 3. The molecule has 4 aliphatic carbocycles. The molecule has 1 aromatic heterocycles. The maximum atomic E-state index is 14.9. The van der Waals surface area contributed by atoms with Crippen LogP contribution in [0.3, 0.4) is 0 Å². The molecule has 6 nitrogen and oxygen atoms in total. The lowest BCUT2D eigenvalue weighted by atomic mass is 9.59. The summed E-state index contributed by atoms with van der Waals surface area (Å²) in [4.78, 5) is 29.2. The summed E-state index contributed by atoms with van der Waals surface area (Å²) in [7, 11) is 0. The summed E-state index contributed by atoms with van der Waals surface area (Å²) in [5.74, 6) is -1.47. The first-order valence-electron chi connectivity index (χ1n) is 14.6. The van der Waals surface area contributed by atoms with Crippen LogP contribution in [-0.4, -0.2) is 47.1 Å². The second-order valence-electron chi connectivity index (χ2n) is 13.8. The number of allylic oxidation sites excluding steroid dienone is 1. The molecule has 1 aromatic carbocycles. The van der Waals surface area contributed by atoms with Crippen LogP contribution in [0.4, 0.5) is 0 Å². The quantitative estimate of drug-likeness (QED) is 0.347. The standard InChI is InChI=1S/C34H38O6S/c1-18-16-33-19(2)14-24-25(31(24,3)4)23(27(33)35)15-21-17-38-32(5,6)40-29(21)34(33,37)28(18)39-30(36)26-22(12-13-41-26)20-10-8-7-9-11-20/h7-13,15-16,19,23-25,28-29,37H,14,17H2,1-6H3/t19?,23-,24+,25-,28-,29+,33?,34+/m0/s1. The zero-order chi connectivity index (χ0) is 29.1. The van der Waals surface area contributed by atoms with E-state index < -0.39 is 35.0 Å². The lowest BCUT2D eigenvalue weighted by Gasteiger charge is -2.52. The Morgan fingerprint density at radius 3 is 2.59 bits per heavy atom. The van der Waals surface area contributed by atoms with E-state index in [2.05, 4.69) is 20.8 Å². The summed E-state index contributed by atoms with van der Waals surface area (Å²) in [5, 5.41) is 15.1. The molecular formula is C34H38O6S. The number of carbonyl (C=O) groups is 2. The van der Waals surface area contributed by atoms with E-state index >= 15 is 0 Å². The van der Waals surface area contributed by atoms with Crippen LogP contribution in [-0.2, 0) is 19.0 Å². The van der Waals surface area contributed by atoms with Crippen LogP contribution < -0.4 is 0 Å². The monoisotopic (exact) mass is 574 g/mol. The van der Waals surface area contributed by atoms with E-state index in [4.69, 9.17) is 14.2 Å². The maximum absolute atomic E-state index is 14.9. The van der Waals surface area contributed by atoms with Crippen LogP contribution in [0.1, 0.15) is 57.6 Å². The lowest BCUT2D eigenvalue weighted by molar-refractivity contribution is -0.302. The molecular weight excluding hydrogens is 536 g/mol. The molecule has 8 atom stereocenters. The Kier molecular flexibility index (Phi) is 5.80. The molecule has 1 aliphatic heterocycles. The van der Waals surface area contributed by atoms with Gasteiger partial charge in [-0.05, 0) is 78.5 Å². The molecule has 0 radical (unpaired) electrons. The van der Waals surface area contributed by atoms with Gasteiger partial charge >= 0.3 is 5.97 Å². The van der Waals surface area contributed by atoms with Gasteiger partial charge in [-0.3, -0.25) is 4.79 Å². The molecule has 1 saturated heterocycles. The number of fused-ring (bicyclic) bond motifs is 5. The Morgan fingerprint density at radius 1 is 1.12 bits per heavy atom. The number of benzene rings is 1. The second kappa shape index (κ2) is 8.73. The molecule has 7 rings (SSSR count). The average Bonchev–Trinajstić information content (AvgIpc) is 3.21. The predicted octanol–water partition coefficient (Wildman–Crippen LogP) is 6.21. The highest BCUT2D eigenvalue weighted by atomic mass is 32.1. The number of esters is 1.